The van der Waals surface area contributed by atoms with Crippen LogP contribution in [0.4, 0.5) is 5.69 Å². The van der Waals surface area contributed by atoms with Crippen LogP contribution in [0.25, 0.3) is 10.8 Å². The van der Waals surface area contributed by atoms with Crippen LogP contribution < -0.4 is 4.90 Å². The fourth-order valence-electron chi connectivity index (χ4n) is 2.61. The lowest BCUT2D eigenvalue weighted by atomic mass is 10.1. The van der Waals surface area contributed by atoms with Gasteiger partial charge in [-0.15, -0.1) is 0 Å². The highest BCUT2D eigenvalue weighted by atomic mass is 15.1. The number of benzene rings is 2. The highest BCUT2D eigenvalue weighted by Gasteiger charge is 2.02. The maximum absolute atomic E-state index is 4.05. The quantitative estimate of drug-likeness (QED) is 0.690. The minimum Gasteiger partial charge on any atom is -0.375 e. The molecule has 0 radical (unpaired) electrons. The Hall–Kier alpha value is -2.35. The smallest absolute Gasteiger partial charge is 0.0370 e. The van der Waals surface area contributed by atoms with E-state index in [1.54, 1.807) is 0 Å². The van der Waals surface area contributed by atoms with Gasteiger partial charge in [-0.25, -0.2) is 0 Å². The van der Waals surface area contributed by atoms with Crippen molar-refractivity contribution in [3.05, 3.63) is 72.6 Å². The molecule has 0 aliphatic carbocycles. The molecule has 0 saturated heterocycles. The van der Waals surface area contributed by atoms with Crippen molar-refractivity contribution < 1.29 is 0 Å². The van der Waals surface area contributed by atoms with Crippen molar-refractivity contribution in [2.45, 2.75) is 12.8 Å². The van der Waals surface area contributed by atoms with Crippen molar-refractivity contribution in [3.8, 4) is 0 Å². The van der Waals surface area contributed by atoms with Gasteiger partial charge in [0.2, 0.25) is 0 Å². The molecule has 21 heavy (non-hydrogen) atoms. The number of aryl methyl sites for hydroxylation is 1. The van der Waals surface area contributed by atoms with Crippen LogP contribution in [0.1, 0.15) is 12.0 Å². The summed E-state index contributed by atoms with van der Waals surface area (Å²) >= 11 is 0. The van der Waals surface area contributed by atoms with Crippen LogP contribution in [-0.2, 0) is 6.42 Å². The van der Waals surface area contributed by atoms with E-state index in [0.29, 0.717) is 0 Å². The average Bonchev–Trinajstić information content (AvgIpc) is 2.55. The monoisotopic (exact) mass is 276 g/mol. The summed E-state index contributed by atoms with van der Waals surface area (Å²) in [4.78, 5) is 6.38. The molecule has 2 nitrogen and oxygen atoms in total. The van der Waals surface area contributed by atoms with Crippen LogP contribution in [0, 0.1) is 0 Å². The number of rotatable bonds is 5. The van der Waals surface area contributed by atoms with Crippen LogP contribution in [0.5, 0.6) is 0 Å². The van der Waals surface area contributed by atoms with E-state index in [4.69, 9.17) is 0 Å². The lowest BCUT2D eigenvalue weighted by molar-refractivity contribution is 0.785. The molecule has 1 heterocycles. The third-order valence-electron chi connectivity index (χ3n) is 3.88. The van der Waals surface area contributed by atoms with Crippen LogP contribution in [0.15, 0.2) is 67.0 Å². The second-order valence-corrected chi connectivity index (χ2v) is 5.41. The minimum absolute atomic E-state index is 1.06. The van der Waals surface area contributed by atoms with Gasteiger partial charge in [0.25, 0.3) is 0 Å². The van der Waals surface area contributed by atoms with E-state index in [2.05, 4.69) is 71.5 Å². The Balaban J connectivity index is 1.62. The Morgan fingerprint density at radius 3 is 2.48 bits per heavy atom. The van der Waals surface area contributed by atoms with Gasteiger partial charge in [0.1, 0.15) is 0 Å². The molecule has 0 atom stereocenters. The highest BCUT2D eigenvalue weighted by Crippen LogP contribution is 2.21. The first-order valence-electron chi connectivity index (χ1n) is 7.42. The lowest BCUT2D eigenvalue weighted by Gasteiger charge is -2.19. The molecule has 0 aliphatic heterocycles. The molecule has 2 aromatic carbocycles. The Kier molecular flexibility index (Phi) is 4.15. The molecule has 0 N–H and O–H groups in total. The average molecular weight is 276 g/mol. The zero-order valence-electron chi connectivity index (χ0n) is 12.4. The van der Waals surface area contributed by atoms with Gasteiger partial charge < -0.3 is 4.90 Å². The van der Waals surface area contributed by atoms with E-state index in [1.807, 2.05) is 12.4 Å². The summed E-state index contributed by atoms with van der Waals surface area (Å²) in [6, 6.07) is 19.4. The van der Waals surface area contributed by atoms with Gasteiger partial charge in [0.05, 0.1) is 0 Å². The number of aromatic nitrogens is 1. The zero-order chi connectivity index (χ0) is 14.5. The highest BCUT2D eigenvalue weighted by molar-refractivity contribution is 5.85. The molecule has 106 valence electrons. The molecule has 3 rings (SSSR count). The topological polar surface area (TPSA) is 16.1 Å². The Morgan fingerprint density at radius 2 is 1.67 bits per heavy atom. The maximum Gasteiger partial charge on any atom is 0.0370 e. The van der Waals surface area contributed by atoms with Gasteiger partial charge in [-0.1, -0.05) is 30.3 Å². The summed E-state index contributed by atoms with van der Waals surface area (Å²) < 4.78 is 0. The molecule has 0 amide bonds. The number of anilines is 1. The lowest BCUT2D eigenvalue weighted by Crippen LogP contribution is -2.18. The molecule has 0 saturated carbocycles. The third-order valence-corrected chi connectivity index (χ3v) is 3.88. The van der Waals surface area contributed by atoms with Crippen molar-refractivity contribution in [2.75, 3.05) is 18.5 Å². The van der Waals surface area contributed by atoms with E-state index in [9.17, 15) is 0 Å². The Bertz CT molecular complexity index is 707. The van der Waals surface area contributed by atoms with Gasteiger partial charge in [-0.3, -0.25) is 4.98 Å². The summed E-state index contributed by atoms with van der Waals surface area (Å²) in [7, 11) is 2.16. The SMILES string of the molecule is CN(CCCc1ccncc1)c1ccc2ccccc2c1. The predicted molar refractivity (Wildman–Crippen MR) is 89.8 cm³/mol. The first-order chi connectivity index (χ1) is 10.3. The first-order valence-corrected chi connectivity index (χ1v) is 7.42. The number of nitrogens with zero attached hydrogens (tertiary/aromatic N) is 2. The normalized spacial score (nSPS) is 10.7. The minimum atomic E-state index is 1.06. The molecule has 2 heteroatoms. The standard InChI is InChI=1S/C19H20N2/c1-21(14-4-5-16-10-12-20-13-11-16)19-9-8-17-6-2-3-7-18(17)15-19/h2-3,6-13,15H,4-5,14H2,1H3. The van der Waals surface area contributed by atoms with E-state index >= 15 is 0 Å². The molecule has 0 bridgehead atoms. The summed E-state index contributed by atoms with van der Waals surface area (Å²) in [5, 5.41) is 2.60. The van der Waals surface area contributed by atoms with Crippen LogP contribution >= 0.6 is 0 Å². The molecular formula is C19H20N2. The number of pyridine rings is 1. The van der Waals surface area contributed by atoms with Gasteiger partial charge in [-0.2, -0.15) is 0 Å². The largest absolute Gasteiger partial charge is 0.375 e. The van der Waals surface area contributed by atoms with Gasteiger partial charge in [-0.05, 0) is 53.4 Å². The second kappa shape index (κ2) is 6.40. The Labute approximate surface area is 126 Å². The van der Waals surface area contributed by atoms with E-state index in [1.165, 1.54) is 22.0 Å². The summed E-state index contributed by atoms with van der Waals surface area (Å²) in [5.41, 5.74) is 2.64. The fraction of sp³-hybridized carbons (Fsp3) is 0.211. The van der Waals surface area contributed by atoms with Gasteiger partial charge in [0.15, 0.2) is 0 Å². The number of hydrogen-bond acceptors (Lipinski definition) is 2. The van der Waals surface area contributed by atoms with Crippen molar-refractivity contribution in [1.82, 2.24) is 4.98 Å². The van der Waals surface area contributed by atoms with Crippen LogP contribution in [-0.4, -0.2) is 18.6 Å². The van der Waals surface area contributed by atoms with Gasteiger partial charge >= 0.3 is 0 Å². The van der Waals surface area contributed by atoms with Crippen molar-refractivity contribution in [2.24, 2.45) is 0 Å². The van der Waals surface area contributed by atoms with Gasteiger partial charge in [0, 0.05) is 31.7 Å². The van der Waals surface area contributed by atoms with Crippen molar-refractivity contribution in [1.29, 1.82) is 0 Å². The molecule has 0 spiro atoms. The third kappa shape index (κ3) is 3.40. The summed E-state index contributed by atoms with van der Waals surface area (Å²) in [6.07, 6.45) is 5.97. The van der Waals surface area contributed by atoms with Crippen LogP contribution in [0.2, 0.25) is 0 Å². The zero-order valence-corrected chi connectivity index (χ0v) is 12.4. The predicted octanol–water partition coefficient (Wildman–Crippen LogP) is 4.30. The molecule has 3 aromatic rings. The van der Waals surface area contributed by atoms with Crippen molar-refractivity contribution >= 4 is 16.5 Å². The van der Waals surface area contributed by atoms with Crippen molar-refractivity contribution in [3.63, 3.8) is 0 Å². The van der Waals surface area contributed by atoms with E-state index in [0.717, 1.165) is 19.4 Å². The van der Waals surface area contributed by atoms with E-state index in [-0.39, 0.29) is 0 Å². The summed E-state index contributed by atoms with van der Waals surface area (Å²) in [6.45, 7) is 1.06. The molecular weight excluding hydrogens is 256 g/mol. The number of fused-ring (bicyclic) bond motifs is 1. The molecule has 0 unspecified atom stereocenters. The first kappa shape index (κ1) is 13.6. The summed E-state index contributed by atoms with van der Waals surface area (Å²) in [5.74, 6) is 0. The fourth-order valence-corrected chi connectivity index (χ4v) is 2.61. The molecule has 0 aliphatic rings. The molecule has 1 aromatic heterocycles. The van der Waals surface area contributed by atoms with Crippen LogP contribution in [0.3, 0.4) is 0 Å². The number of hydrogen-bond donors (Lipinski definition) is 0. The van der Waals surface area contributed by atoms with E-state index < -0.39 is 0 Å². The Morgan fingerprint density at radius 1 is 0.905 bits per heavy atom. The second-order valence-electron chi connectivity index (χ2n) is 5.41. The molecule has 0 fully saturated rings. The maximum atomic E-state index is 4.05.